The molecular formula is C61H76Cl2N8O4. The highest BCUT2D eigenvalue weighted by molar-refractivity contribution is 6.31. The Hall–Kier alpha value is -4.18. The van der Waals surface area contributed by atoms with Crippen LogP contribution >= 0.6 is 23.2 Å². The monoisotopic (exact) mass is 1050 g/mol. The lowest BCUT2D eigenvalue weighted by Crippen LogP contribution is -2.73. The van der Waals surface area contributed by atoms with E-state index in [9.17, 15) is 0 Å². The topological polar surface area (TPSA) is 99.6 Å². The molecule has 398 valence electrons. The molecule has 0 radical (unpaired) electrons. The van der Waals surface area contributed by atoms with Gasteiger partial charge in [0.1, 0.15) is 11.5 Å². The second-order valence-corrected chi connectivity index (χ2v) is 24.7. The maximum atomic E-state index is 17.5. The number of carbonyl (C=O) groups excluding carboxylic acids is 1. The minimum Gasteiger partial charge on any atom is -0.457 e. The van der Waals surface area contributed by atoms with Gasteiger partial charge in [-0.25, -0.2) is 4.98 Å². The van der Waals surface area contributed by atoms with Gasteiger partial charge < -0.3 is 29.4 Å². The lowest BCUT2D eigenvalue weighted by Gasteiger charge is -2.57. The van der Waals surface area contributed by atoms with Gasteiger partial charge in [-0.3, -0.25) is 24.4 Å². The van der Waals surface area contributed by atoms with Crippen LogP contribution in [0.25, 0.3) is 5.69 Å². The number of hydrogen-bond donors (Lipinski definition) is 2. The van der Waals surface area contributed by atoms with E-state index in [0.29, 0.717) is 29.4 Å². The Morgan fingerprint density at radius 3 is 2.29 bits per heavy atom. The molecule has 2 bridgehead atoms. The first-order chi connectivity index (χ1) is 36.3. The Morgan fingerprint density at radius 2 is 1.59 bits per heavy atom. The molecule has 12 atom stereocenters. The molecule has 2 N–H and O–H groups in total. The number of nitrogens with zero attached hydrogens (tertiary/aromatic N) is 6. The van der Waals surface area contributed by atoms with E-state index in [-0.39, 0.29) is 60.3 Å². The number of nitrogens with one attached hydrogen (secondary N) is 2. The number of Topliss-reactive ketones (excluding diaryl/α,β-unsaturated/α-hetero) is 1. The lowest BCUT2D eigenvalue weighted by molar-refractivity contribution is -0.191. The van der Waals surface area contributed by atoms with Crippen molar-refractivity contribution in [3.8, 4) is 17.2 Å². The van der Waals surface area contributed by atoms with Crippen molar-refractivity contribution in [1.82, 2.24) is 39.8 Å². The first-order valence-electron chi connectivity index (χ1n) is 27.7. The second-order valence-electron chi connectivity index (χ2n) is 23.9. The zero-order valence-electron chi connectivity index (χ0n) is 44.9. The van der Waals surface area contributed by atoms with E-state index in [1.807, 2.05) is 42.7 Å². The number of halogens is 2. The highest BCUT2D eigenvalue weighted by Gasteiger charge is 2.77. The number of carbonyl (C=O) groups is 1. The molecule has 7 heterocycles. The van der Waals surface area contributed by atoms with E-state index in [1.165, 1.54) is 11.1 Å². The van der Waals surface area contributed by atoms with Gasteiger partial charge in [-0.05, 0) is 133 Å². The van der Waals surface area contributed by atoms with Crippen molar-refractivity contribution in [1.29, 1.82) is 0 Å². The minimum absolute atomic E-state index is 0.00210. The molecule has 7 unspecified atom stereocenters. The molecule has 5 aromatic rings. The standard InChI is InChI=1S/C61H76Cl2N8O4/c1-8-60-54-26-44(24-41-12-10-9-11-13-41)56(60)67(5)38(2)29-64-53-28-48(25-42-14-17-45(62)18-15-42)68(6)57-51(32-73-7)66-55(61(53,57)58(60)72)40(4)70(54)30-43-16-19-46(63)27-52(43)75-49-22-20-47(21-23-49)71-37-65-50(39(71)3)31-69-33-59(34-69)35-74-36-59/h9-23,27,37-38,40,44,48,51,53-57,64,66H,8,24-26,28-36H2,1-7H3/t38-,40-,44+,48-,51+,53?,54?,55?,56?,57?,60?,61?/m0/s1. The van der Waals surface area contributed by atoms with E-state index >= 15 is 4.79 Å². The van der Waals surface area contributed by atoms with Crippen LogP contribution in [0.3, 0.4) is 0 Å². The highest BCUT2D eigenvalue weighted by Crippen LogP contribution is 2.63. The zero-order chi connectivity index (χ0) is 52.0. The third kappa shape index (κ3) is 8.64. The number of methoxy groups -OCH3 is 1. The van der Waals surface area contributed by atoms with E-state index in [2.05, 4.69) is 137 Å². The van der Waals surface area contributed by atoms with Crippen LogP contribution in [0.4, 0.5) is 0 Å². The number of piperidine rings is 1. The molecule has 1 aliphatic carbocycles. The number of benzene rings is 4. The minimum atomic E-state index is -0.778. The second kappa shape index (κ2) is 20.2. The van der Waals surface area contributed by atoms with Crippen LogP contribution in [0.2, 0.25) is 10.0 Å². The smallest absolute Gasteiger partial charge is 0.153 e. The molecule has 0 amide bonds. The first-order valence-corrected chi connectivity index (χ1v) is 28.4. The van der Waals surface area contributed by atoms with Crippen molar-refractivity contribution in [2.24, 2.45) is 22.2 Å². The average molecular weight is 1060 g/mol. The summed E-state index contributed by atoms with van der Waals surface area (Å²) >= 11 is 13.3. The molecule has 12 nitrogen and oxygen atoms in total. The van der Waals surface area contributed by atoms with E-state index < -0.39 is 10.8 Å². The summed E-state index contributed by atoms with van der Waals surface area (Å²) in [6, 6.07) is 33.5. The fourth-order valence-electron chi connectivity index (χ4n) is 16.2. The Balaban J connectivity index is 0.922. The Labute approximate surface area is 454 Å². The van der Waals surface area contributed by atoms with Crippen molar-refractivity contribution in [3.63, 3.8) is 0 Å². The van der Waals surface area contributed by atoms with Crippen LogP contribution in [0.1, 0.15) is 68.1 Å². The summed E-state index contributed by atoms with van der Waals surface area (Å²) in [4.78, 5) is 32.8. The number of aromatic nitrogens is 2. The van der Waals surface area contributed by atoms with Gasteiger partial charge in [0.25, 0.3) is 0 Å². The number of ketones is 1. The van der Waals surface area contributed by atoms with Crippen LogP contribution in [0.5, 0.6) is 11.5 Å². The molecule has 75 heavy (non-hydrogen) atoms. The number of likely N-dealkylation sites (N-methyl/N-ethyl adjacent to an activating group) is 2. The van der Waals surface area contributed by atoms with Gasteiger partial charge >= 0.3 is 0 Å². The number of rotatable bonds is 14. The predicted octanol–water partition coefficient (Wildman–Crippen LogP) is 8.86. The number of ether oxygens (including phenoxy) is 3. The number of likely N-dealkylation sites (tertiary alicyclic amines) is 3. The molecule has 14 heteroatoms. The molecule has 7 fully saturated rings. The summed E-state index contributed by atoms with van der Waals surface area (Å²) < 4.78 is 20.8. The summed E-state index contributed by atoms with van der Waals surface area (Å²) in [6.45, 7) is 15.9. The molecule has 2 spiro atoms. The van der Waals surface area contributed by atoms with Crippen molar-refractivity contribution >= 4 is 29.0 Å². The summed E-state index contributed by atoms with van der Waals surface area (Å²) in [6.07, 6.45) is 6.18. The van der Waals surface area contributed by atoms with Crippen LogP contribution in [0.15, 0.2) is 103 Å². The first kappa shape index (κ1) is 51.6. The molecular weight excluding hydrogens is 980 g/mol. The molecule has 12 rings (SSSR count). The summed E-state index contributed by atoms with van der Waals surface area (Å²) in [5.74, 6) is 2.11. The van der Waals surface area contributed by atoms with Crippen LogP contribution in [-0.2, 0) is 40.2 Å². The number of hydrogen-bond acceptors (Lipinski definition) is 11. The predicted molar refractivity (Wildman–Crippen MR) is 296 cm³/mol. The van der Waals surface area contributed by atoms with E-state index in [0.717, 1.165) is 111 Å². The van der Waals surface area contributed by atoms with Gasteiger partial charge in [-0.15, -0.1) is 0 Å². The van der Waals surface area contributed by atoms with Gasteiger partial charge in [-0.1, -0.05) is 78.7 Å². The van der Waals surface area contributed by atoms with Crippen LogP contribution < -0.4 is 15.4 Å². The van der Waals surface area contributed by atoms with Gasteiger partial charge in [0.2, 0.25) is 0 Å². The van der Waals surface area contributed by atoms with Gasteiger partial charge in [-0.2, -0.15) is 0 Å². The Kier molecular flexibility index (Phi) is 13.9. The zero-order valence-corrected chi connectivity index (χ0v) is 46.4. The highest BCUT2D eigenvalue weighted by atomic mass is 35.5. The van der Waals surface area contributed by atoms with Gasteiger partial charge in [0, 0.05) is 127 Å². The molecule has 7 aliphatic rings. The SMILES string of the molecule is CCC12C(=O)C34C5C[C@H](Cc6ccc(Cl)cc6)N(C)C3[C@@H](COC)NC4[C@H](C)N(Cc3ccc(Cl)cc3Oc3ccc(-n4cnc(CN6CC7(COC7)C6)c4C)cc3)C1C[C@@H](Cc1ccccc1)C2N(C)[C@@H](C)CN5. The summed E-state index contributed by atoms with van der Waals surface area (Å²) in [5.41, 5.74) is 5.78. The van der Waals surface area contributed by atoms with Crippen molar-refractivity contribution < 1.29 is 19.0 Å². The van der Waals surface area contributed by atoms with Crippen molar-refractivity contribution in [3.05, 3.63) is 142 Å². The van der Waals surface area contributed by atoms with Crippen LogP contribution in [0, 0.1) is 29.1 Å². The van der Waals surface area contributed by atoms with Crippen molar-refractivity contribution in [2.45, 2.75) is 127 Å². The molecule has 4 aromatic carbocycles. The lowest BCUT2D eigenvalue weighted by atomic mass is 9.54. The normalized spacial score (nSPS) is 33.5. The third-order valence-electron chi connectivity index (χ3n) is 19.8. The quantitative estimate of drug-likeness (QED) is 0.112. The molecule has 1 aromatic heterocycles. The fourth-order valence-corrected chi connectivity index (χ4v) is 16.5. The fraction of sp³-hybridized carbons (Fsp3) is 0.541. The van der Waals surface area contributed by atoms with E-state index in [1.54, 1.807) is 7.11 Å². The van der Waals surface area contributed by atoms with Crippen LogP contribution in [-0.4, -0.2) is 150 Å². The average Bonchev–Trinajstić information content (AvgIpc) is 4.26. The molecule has 1 saturated carbocycles. The Bertz CT molecular complexity index is 2860. The van der Waals surface area contributed by atoms with Crippen molar-refractivity contribution in [2.75, 3.05) is 60.7 Å². The summed E-state index contributed by atoms with van der Waals surface area (Å²) in [5, 5.41) is 9.84. The van der Waals surface area contributed by atoms with Gasteiger partial charge in [0.15, 0.2) is 5.78 Å². The summed E-state index contributed by atoms with van der Waals surface area (Å²) in [7, 11) is 6.41. The molecule has 6 aliphatic heterocycles. The third-order valence-corrected chi connectivity index (χ3v) is 20.3. The molecule has 6 saturated heterocycles. The van der Waals surface area contributed by atoms with Gasteiger partial charge in [0.05, 0.1) is 42.7 Å². The Morgan fingerprint density at radius 1 is 0.853 bits per heavy atom. The largest absolute Gasteiger partial charge is 0.457 e. The maximum absolute atomic E-state index is 17.5. The number of imidazole rings is 1. The maximum Gasteiger partial charge on any atom is 0.153 e. The van der Waals surface area contributed by atoms with E-state index in [4.69, 9.17) is 42.4 Å².